The van der Waals surface area contributed by atoms with Gasteiger partial charge in [0.2, 0.25) is 5.91 Å². The van der Waals surface area contributed by atoms with E-state index in [1.165, 1.54) is 37.7 Å². The minimum absolute atomic E-state index is 0.0508. The number of amides is 2. The number of thiophene rings is 1. The zero-order valence-corrected chi connectivity index (χ0v) is 20.7. The first-order valence-electron chi connectivity index (χ1n) is 11.0. The molecule has 8 nitrogen and oxygen atoms in total. The normalized spacial score (nSPS) is 10.4. The van der Waals surface area contributed by atoms with Crippen LogP contribution < -0.4 is 20.1 Å². The molecule has 0 atom stereocenters. The van der Waals surface area contributed by atoms with Gasteiger partial charge in [0.25, 0.3) is 5.91 Å². The molecule has 2 aromatic carbocycles. The van der Waals surface area contributed by atoms with Gasteiger partial charge in [0.05, 0.1) is 31.9 Å². The Hall–Kier alpha value is -3.85. The molecule has 0 fully saturated rings. The van der Waals surface area contributed by atoms with E-state index in [1.807, 2.05) is 48.7 Å². The van der Waals surface area contributed by atoms with Crippen LogP contribution >= 0.6 is 11.3 Å². The van der Waals surface area contributed by atoms with Crippen LogP contribution in [0.2, 0.25) is 0 Å². The number of hydrogen-bond donors (Lipinski definition) is 2. The number of aryl methyl sites for hydroxylation is 1. The lowest BCUT2D eigenvalue weighted by molar-refractivity contribution is -0.124. The van der Waals surface area contributed by atoms with Gasteiger partial charge in [0.15, 0.2) is 18.1 Å². The summed E-state index contributed by atoms with van der Waals surface area (Å²) in [7, 11) is 2.89. The van der Waals surface area contributed by atoms with Crippen molar-refractivity contribution < 1.29 is 28.6 Å². The quantitative estimate of drug-likeness (QED) is 0.392. The highest BCUT2D eigenvalue weighted by Crippen LogP contribution is 2.34. The van der Waals surface area contributed by atoms with E-state index in [2.05, 4.69) is 10.6 Å². The van der Waals surface area contributed by atoms with Gasteiger partial charge in [-0.1, -0.05) is 30.3 Å². The minimum atomic E-state index is -0.772. The topological polar surface area (TPSA) is 103 Å². The summed E-state index contributed by atoms with van der Waals surface area (Å²) in [6.45, 7) is 1.98. The Balaban J connectivity index is 1.63. The standard InChI is InChI=1S/C26H28N2O6S/c1-17-7-4-5-8-18(17)10-11-27-25(30)16-34-26(31)20-14-22(32-2)23(33-3)15-21(20)28-24(29)13-19-9-6-12-35-19/h4-9,12,14-15H,10-11,13,16H2,1-3H3,(H,27,30)(H,28,29). The van der Waals surface area contributed by atoms with Crippen LogP contribution in [0.3, 0.4) is 0 Å². The van der Waals surface area contributed by atoms with E-state index in [-0.39, 0.29) is 23.6 Å². The summed E-state index contributed by atoms with van der Waals surface area (Å²) >= 11 is 1.46. The first-order valence-corrected chi connectivity index (χ1v) is 11.9. The van der Waals surface area contributed by atoms with Crippen molar-refractivity contribution in [2.75, 3.05) is 32.7 Å². The molecule has 2 amide bonds. The van der Waals surface area contributed by atoms with Crippen molar-refractivity contribution in [3.63, 3.8) is 0 Å². The molecule has 0 saturated carbocycles. The van der Waals surface area contributed by atoms with Crippen LogP contribution in [0.4, 0.5) is 5.69 Å². The summed E-state index contributed by atoms with van der Waals surface area (Å²) in [5.74, 6) is -0.868. The lowest BCUT2D eigenvalue weighted by Gasteiger charge is -2.15. The molecule has 0 saturated heterocycles. The molecule has 0 spiro atoms. The Morgan fingerprint density at radius 1 is 0.943 bits per heavy atom. The number of benzene rings is 2. The average molecular weight is 497 g/mol. The largest absolute Gasteiger partial charge is 0.493 e. The number of methoxy groups -OCH3 is 2. The smallest absolute Gasteiger partial charge is 0.340 e. The van der Waals surface area contributed by atoms with Gasteiger partial charge >= 0.3 is 5.97 Å². The van der Waals surface area contributed by atoms with Gasteiger partial charge in [0, 0.05) is 23.6 Å². The molecule has 9 heteroatoms. The summed E-state index contributed by atoms with van der Waals surface area (Å²) < 4.78 is 15.8. The van der Waals surface area contributed by atoms with Crippen LogP contribution in [0, 0.1) is 6.92 Å². The zero-order valence-electron chi connectivity index (χ0n) is 19.9. The number of ether oxygens (including phenoxy) is 3. The summed E-state index contributed by atoms with van der Waals surface area (Å²) in [5.41, 5.74) is 2.54. The van der Waals surface area contributed by atoms with Crippen molar-refractivity contribution in [1.82, 2.24) is 5.32 Å². The van der Waals surface area contributed by atoms with Crippen molar-refractivity contribution in [3.8, 4) is 11.5 Å². The molecular formula is C26H28N2O6S. The van der Waals surface area contributed by atoms with Crippen LogP contribution in [0.15, 0.2) is 53.9 Å². The fourth-order valence-electron chi connectivity index (χ4n) is 3.40. The zero-order chi connectivity index (χ0) is 25.2. The molecule has 3 aromatic rings. The molecule has 2 N–H and O–H groups in total. The fourth-order valence-corrected chi connectivity index (χ4v) is 4.11. The molecule has 35 heavy (non-hydrogen) atoms. The lowest BCUT2D eigenvalue weighted by atomic mass is 10.1. The number of anilines is 1. The summed E-state index contributed by atoms with van der Waals surface area (Å²) in [6.07, 6.45) is 0.826. The number of nitrogens with one attached hydrogen (secondary N) is 2. The number of carbonyl (C=O) groups excluding carboxylic acids is 3. The second-order valence-electron chi connectivity index (χ2n) is 7.66. The van der Waals surface area contributed by atoms with Crippen LogP contribution in [0.1, 0.15) is 26.4 Å². The Morgan fingerprint density at radius 3 is 2.37 bits per heavy atom. The average Bonchev–Trinajstić information content (AvgIpc) is 3.36. The van der Waals surface area contributed by atoms with Crippen molar-refractivity contribution in [2.45, 2.75) is 19.8 Å². The van der Waals surface area contributed by atoms with E-state index >= 15 is 0 Å². The molecule has 1 heterocycles. The number of hydrogen-bond acceptors (Lipinski definition) is 7. The van der Waals surface area contributed by atoms with E-state index in [0.717, 1.165) is 16.0 Å². The van der Waals surface area contributed by atoms with Crippen LogP contribution in [-0.2, 0) is 27.2 Å². The molecule has 0 aliphatic carbocycles. The third-order valence-corrected chi connectivity index (χ3v) is 6.12. The lowest BCUT2D eigenvalue weighted by Crippen LogP contribution is -2.30. The van der Waals surface area contributed by atoms with E-state index in [1.54, 1.807) is 0 Å². The molecule has 3 rings (SSSR count). The number of carbonyl (C=O) groups is 3. The maximum atomic E-state index is 12.8. The van der Waals surface area contributed by atoms with E-state index < -0.39 is 18.5 Å². The highest BCUT2D eigenvalue weighted by molar-refractivity contribution is 7.10. The van der Waals surface area contributed by atoms with Gasteiger partial charge in [-0.05, 0) is 35.9 Å². The van der Waals surface area contributed by atoms with Crippen LogP contribution in [-0.4, -0.2) is 45.2 Å². The molecule has 0 aliphatic heterocycles. The first-order chi connectivity index (χ1) is 16.9. The van der Waals surface area contributed by atoms with Gasteiger partial charge < -0.3 is 24.8 Å². The number of rotatable bonds is 11. The summed E-state index contributed by atoms with van der Waals surface area (Å²) in [6, 6.07) is 14.5. The van der Waals surface area contributed by atoms with Crippen LogP contribution in [0.25, 0.3) is 0 Å². The van der Waals surface area contributed by atoms with E-state index in [9.17, 15) is 14.4 Å². The maximum Gasteiger partial charge on any atom is 0.340 e. The second-order valence-corrected chi connectivity index (χ2v) is 8.69. The molecule has 0 bridgehead atoms. The maximum absolute atomic E-state index is 12.8. The predicted octanol–water partition coefficient (Wildman–Crippen LogP) is 3.77. The minimum Gasteiger partial charge on any atom is -0.493 e. The number of esters is 1. The monoisotopic (exact) mass is 496 g/mol. The molecule has 0 aliphatic rings. The molecule has 0 radical (unpaired) electrons. The van der Waals surface area contributed by atoms with Gasteiger partial charge in [-0.25, -0.2) is 4.79 Å². The second kappa shape index (κ2) is 12.6. The third kappa shape index (κ3) is 7.31. The first kappa shape index (κ1) is 25.8. The Kier molecular flexibility index (Phi) is 9.25. The Bertz CT molecular complexity index is 1180. The van der Waals surface area contributed by atoms with Crippen molar-refractivity contribution in [3.05, 3.63) is 75.5 Å². The van der Waals surface area contributed by atoms with Crippen molar-refractivity contribution in [2.24, 2.45) is 0 Å². The Labute approximate surface area is 208 Å². The SMILES string of the molecule is COc1cc(NC(=O)Cc2cccs2)c(C(=O)OCC(=O)NCCc2ccccc2C)cc1OC. The van der Waals surface area contributed by atoms with E-state index in [4.69, 9.17) is 14.2 Å². The molecule has 1 aromatic heterocycles. The third-order valence-electron chi connectivity index (χ3n) is 5.24. The van der Waals surface area contributed by atoms with Gasteiger partial charge in [0.1, 0.15) is 0 Å². The highest BCUT2D eigenvalue weighted by atomic mass is 32.1. The van der Waals surface area contributed by atoms with Crippen molar-refractivity contribution >= 4 is 34.8 Å². The van der Waals surface area contributed by atoms with E-state index in [0.29, 0.717) is 24.5 Å². The Morgan fingerprint density at radius 2 is 1.69 bits per heavy atom. The molecule has 0 unspecified atom stereocenters. The van der Waals surface area contributed by atoms with Gasteiger partial charge in [-0.2, -0.15) is 0 Å². The molecular weight excluding hydrogens is 468 g/mol. The fraction of sp³-hybridized carbons (Fsp3) is 0.269. The van der Waals surface area contributed by atoms with Crippen molar-refractivity contribution in [1.29, 1.82) is 0 Å². The van der Waals surface area contributed by atoms with Crippen LogP contribution in [0.5, 0.6) is 11.5 Å². The highest BCUT2D eigenvalue weighted by Gasteiger charge is 2.21. The predicted molar refractivity (Wildman–Crippen MR) is 134 cm³/mol. The van der Waals surface area contributed by atoms with Gasteiger partial charge in [-0.3, -0.25) is 9.59 Å². The summed E-state index contributed by atoms with van der Waals surface area (Å²) in [5, 5.41) is 7.36. The van der Waals surface area contributed by atoms with Gasteiger partial charge in [-0.15, -0.1) is 11.3 Å². The molecule has 184 valence electrons. The summed E-state index contributed by atoms with van der Waals surface area (Å²) in [4.78, 5) is 38.5.